The summed E-state index contributed by atoms with van der Waals surface area (Å²) in [4.78, 5) is 13.5. The van der Waals surface area contributed by atoms with E-state index in [0.717, 1.165) is 11.9 Å². The molecule has 0 N–H and O–H groups in total. The van der Waals surface area contributed by atoms with Gasteiger partial charge in [0.25, 0.3) is 0 Å². The summed E-state index contributed by atoms with van der Waals surface area (Å²) in [5.74, 6) is -0.114. The number of likely N-dealkylation sites (N-methyl/N-ethyl adjacent to an activating group) is 1. The Labute approximate surface area is 125 Å². The Morgan fingerprint density at radius 3 is 2.62 bits per heavy atom. The van der Waals surface area contributed by atoms with Gasteiger partial charge in [-0.05, 0) is 36.0 Å². The lowest BCUT2D eigenvalue weighted by Crippen LogP contribution is -2.24. The molecule has 0 aromatic heterocycles. The minimum atomic E-state index is -0.114. The number of fused-ring (bicyclic) bond motifs is 1. The molecule has 1 aliphatic carbocycles. The molecule has 0 aliphatic heterocycles. The van der Waals surface area contributed by atoms with Crippen molar-refractivity contribution in [2.45, 2.75) is 6.04 Å². The standard InChI is InChI=1S/C19H19NO/c1-20(2)19(17-11-6-9-15(17)13-21)18-12-5-8-14-7-3-4-10-16(14)18/h3-13,15,19H,1-2H3/t15?,19-/m0/s1. The number of rotatable bonds is 4. The van der Waals surface area contributed by atoms with Crippen molar-refractivity contribution in [2.24, 2.45) is 5.92 Å². The summed E-state index contributed by atoms with van der Waals surface area (Å²) in [5.41, 5.74) is 2.39. The summed E-state index contributed by atoms with van der Waals surface area (Å²) in [7, 11) is 4.13. The Kier molecular flexibility index (Phi) is 3.72. The smallest absolute Gasteiger partial charge is 0.130 e. The number of carbonyl (C=O) groups excluding carboxylic acids is 1. The number of hydrogen-bond donors (Lipinski definition) is 0. The number of carbonyl (C=O) groups is 1. The van der Waals surface area contributed by atoms with E-state index in [1.807, 2.05) is 12.2 Å². The van der Waals surface area contributed by atoms with Gasteiger partial charge in [-0.2, -0.15) is 0 Å². The van der Waals surface area contributed by atoms with E-state index in [0.29, 0.717) is 0 Å². The van der Waals surface area contributed by atoms with Crippen LogP contribution in [0.25, 0.3) is 10.8 Å². The summed E-state index contributed by atoms with van der Waals surface area (Å²) in [6, 6.07) is 14.9. The fraction of sp³-hybridized carbons (Fsp3) is 0.211. The third-order valence-electron chi connectivity index (χ3n) is 4.09. The second-order valence-corrected chi connectivity index (χ2v) is 5.65. The zero-order valence-electron chi connectivity index (χ0n) is 12.4. The lowest BCUT2D eigenvalue weighted by atomic mass is 9.88. The van der Waals surface area contributed by atoms with Crippen molar-refractivity contribution < 1.29 is 4.79 Å². The highest BCUT2D eigenvalue weighted by Crippen LogP contribution is 2.37. The van der Waals surface area contributed by atoms with Crippen LogP contribution in [0.1, 0.15) is 11.6 Å². The minimum absolute atomic E-state index is 0.112. The lowest BCUT2D eigenvalue weighted by Gasteiger charge is -2.29. The molecule has 2 nitrogen and oxygen atoms in total. The van der Waals surface area contributed by atoms with Crippen molar-refractivity contribution in [3.05, 3.63) is 71.8 Å². The topological polar surface area (TPSA) is 20.3 Å². The number of hydrogen-bond acceptors (Lipinski definition) is 2. The van der Waals surface area contributed by atoms with Gasteiger partial charge in [-0.1, -0.05) is 60.7 Å². The Hall–Kier alpha value is -2.19. The average Bonchev–Trinajstić information content (AvgIpc) is 2.95. The summed E-state index contributed by atoms with van der Waals surface area (Å²) >= 11 is 0. The van der Waals surface area contributed by atoms with Gasteiger partial charge < -0.3 is 4.79 Å². The SMILES string of the molecule is CN(C)[C@@H](C1=CC=CC1C=O)c1cccc2ccccc12. The minimum Gasteiger partial charge on any atom is -0.302 e. The molecule has 0 bridgehead atoms. The van der Waals surface area contributed by atoms with Gasteiger partial charge in [0.15, 0.2) is 0 Å². The average molecular weight is 277 g/mol. The number of allylic oxidation sites excluding steroid dienone is 3. The molecule has 0 saturated heterocycles. The van der Waals surface area contributed by atoms with E-state index in [1.165, 1.54) is 16.3 Å². The molecule has 0 amide bonds. The van der Waals surface area contributed by atoms with Gasteiger partial charge in [0.2, 0.25) is 0 Å². The molecular formula is C19H19NO. The van der Waals surface area contributed by atoms with Crippen LogP contribution in [0.2, 0.25) is 0 Å². The second-order valence-electron chi connectivity index (χ2n) is 5.65. The third-order valence-corrected chi connectivity index (χ3v) is 4.09. The number of aldehydes is 1. The van der Waals surface area contributed by atoms with E-state index >= 15 is 0 Å². The van der Waals surface area contributed by atoms with Gasteiger partial charge in [-0.25, -0.2) is 0 Å². The van der Waals surface area contributed by atoms with Crippen molar-refractivity contribution in [1.29, 1.82) is 0 Å². The van der Waals surface area contributed by atoms with Gasteiger partial charge in [0, 0.05) is 0 Å². The van der Waals surface area contributed by atoms with Crippen molar-refractivity contribution >= 4 is 17.1 Å². The molecule has 0 radical (unpaired) electrons. The Morgan fingerprint density at radius 1 is 1.10 bits per heavy atom. The first-order chi connectivity index (χ1) is 10.2. The van der Waals surface area contributed by atoms with Crippen LogP contribution in [0, 0.1) is 5.92 Å². The first kappa shape index (κ1) is 13.8. The summed E-state index contributed by atoms with van der Waals surface area (Å²) in [5, 5.41) is 2.48. The molecule has 21 heavy (non-hydrogen) atoms. The molecule has 2 aromatic carbocycles. The molecule has 1 aliphatic rings. The van der Waals surface area contributed by atoms with E-state index < -0.39 is 0 Å². The first-order valence-electron chi connectivity index (χ1n) is 7.20. The molecular weight excluding hydrogens is 258 g/mol. The van der Waals surface area contributed by atoms with Gasteiger partial charge in [-0.15, -0.1) is 0 Å². The molecule has 2 atom stereocenters. The fourth-order valence-corrected chi connectivity index (χ4v) is 3.15. The molecule has 106 valence electrons. The van der Waals surface area contributed by atoms with E-state index in [9.17, 15) is 4.79 Å². The predicted molar refractivity (Wildman–Crippen MR) is 87.2 cm³/mol. The maximum absolute atomic E-state index is 11.3. The van der Waals surface area contributed by atoms with Crippen molar-refractivity contribution in [2.75, 3.05) is 14.1 Å². The largest absolute Gasteiger partial charge is 0.302 e. The maximum atomic E-state index is 11.3. The molecule has 1 unspecified atom stereocenters. The van der Waals surface area contributed by atoms with E-state index in [2.05, 4.69) is 67.5 Å². The van der Waals surface area contributed by atoms with Crippen molar-refractivity contribution in [1.82, 2.24) is 4.90 Å². The molecule has 2 aromatic rings. The highest BCUT2D eigenvalue weighted by atomic mass is 16.1. The van der Waals surface area contributed by atoms with Crippen LogP contribution in [-0.2, 0) is 4.79 Å². The predicted octanol–water partition coefficient (Wildman–Crippen LogP) is 3.75. The van der Waals surface area contributed by atoms with E-state index in [1.54, 1.807) is 0 Å². The van der Waals surface area contributed by atoms with Gasteiger partial charge in [0.05, 0.1) is 12.0 Å². The lowest BCUT2D eigenvalue weighted by molar-refractivity contribution is -0.109. The highest BCUT2D eigenvalue weighted by Gasteiger charge is 2.27. The zero-order chi connectivity index (χ0) is 14.8. The summed E-state index contributed by atoms with van der Waals surface area (Å²) in [6.45, 7) is 0. The Bertz CT molecular complexity index is 722. The number of nitrogens with zero attached hydrogens (tertiary/aromatic N) is 1. The maximum Gasteiger partial charge on any atom is 0.130 e. The third kappa shape index (κ3) is 2.43. The number of benzene rings is 2. The van der Waals surface area contributed by atoms with Gasteiger partial charge in [0.1, 0.15) is 6.29 Å². The van der Waals surface area contributed by atoms with Crippen LogP contribution in [0.15, 0.2) is 66.3 Å². The molecule has 2 heteroatoms. The Morgan fingerprint density at radius 2 is 1.86 bits per heavy atom. The second kappa shape index (κ2) is 5.66. The quantitative estimate of drug-likeness (QED) is 0.793. The van der Waals surface area contributed by atoms with E-state index in [4.69, 9.17) is 0 Å². The monoisotopic (exact) mass is 277 g/mol. The fourth-order valence-electron chi connectivity index (χ4n) is 3.15. The van der Waals surface area contributed by atoms with Crippen LogP contribution in [-0.4, -0.2) is 25.3 Å². The van der Waals surface area contributed by atoms with Crippen molar-refractivity contribution in [3.8, 4) is 0 Å². The van der Waals surface area contributed by atoms with Crippen LogP contribution >= 0.6 is 0 Å². The van der Waals surface area contributed by atoms with Crippen molar-refractivity contribution in [3.63, 3.8) is 0 Å². The van der Waals surface area contributed by atoms with Crippen LogP contribution in [0.3, 0.4) is 0 Å². The summed E-state index contributed by atoms with van der Waals surface area (Å²) in [6.07, 6.45) is 7.04. The molecule has 0 fully saturated rings. The first-order valence-corrected chi connectivity index (χ1v) is 7.20. The molecule has 0 saturated carbocycles. The van der Waals surface area contributed by atoms with E-state index in [-0.39, 0.29) is 12.0 Å². The summed E-state index contributed by atoms with van der Waals surface area (Å²) < 4.78 is 0. The molecule has 3 rings (SSSR count). The zero-order valence-corrected chi connectivity index (χ0v) is 12.4. The molecule has 0 heterocycles. The molecule has 0 spiro atoms. The highest BCUT2D eigenvalue weighted by molar-refractivity contribution is 5.86. The van der Waals surface area contributed by atoms with Gasteiger partial charge >= 0.3 is 0 Å². The van der Waals surface area contributed by atoms with Crippen LogP contribution in [0.4, 0.5) is 0 Å². The normalized spacial score (nSPS) is 19.0. The van der Waals surface area contributed by atoms with Crippen LogP contribution in [0.5, 0.6) is 0 Å². The Balaban J connectivity index is 2.15. The van der Waals surface area contributed by atoms with Gasteiger partial charge in [-0.3, -0.25) is 4.90 Å². The van der Waals surface area contributed by atoms with Crippen LogP contribution < -0.4 is 0 Å².